The van der Waals surface area contributed by atoms with Crippen molar-refractivity contribution in [2.45, 2.75) is 31.3 Å². The summed E-state index contributed by atoms with van der Waals surface area (Å²) in [4.78, 5) is 24.4. The minimum absolute atomic E-state index is 0.0778. The average molecular weight is 307 g/mol. The fourth-order valence-electron chi connectivity index (χ4n) is 1.56. The molecule has 1 amide bonds. The van der Waals surface area contributed by atoms with Crippen LogP contribution in [0.5, 0.6) is 0 Å². The van der Waals surface area contributed by atoms with E-state index in [1.165, 1.54) is 17.8 Å². The van der Waals surface area contributed by atoms with Crippen LogP contribution in [-0.4, -0.2) is 30.3 Å². The normalized spacial score (nSPS) is 11.4. The monoisotopic (exact) mass is 307 g/mol. The summed E-state index contributed by atoms with van der Waals surface area (Å²) in [6.45, 7) is 5.64. The molecule has 4 nitrogen and oxygen atoms in total. The van der Waals surface area contributed by atoms with Crippen molar-refractivity contribution in [3.63, 3.8) is 0 Å². The third kappa shape index (κ3) is 6.49. The molecule has 1 aromatic rings. The molecule has 0 aromatic heterocycles. The molecule has 0 aliphatic carbocycles. The van der Waals surface area contributed by atoms with Crippen LogP contribution in [0.25, 0.3) is 0 Å². The number of nitrogens with one attached hydrogen (secondary N) is 1. The van der Waals surface area contributed by atoms with Gasteiger partial charge in [0.2, 0.25) is 0 Å². The Morgan fingerprint density at radius 3 is 2.57 bits per heavy atom. The van der Waals surface area contributed by atoms with Crippen molar-refractivity contribution in [3.8, 4) is 0 Å². The second-order valence-electron chi connectivity index (χ2n) is 5.35. The van der Waals surface area contributed by atoms with E-state index < -0.39 is 11.7 Å². The quantitative estimate of drug-likeness (QED) is 0.512. The first-order valence-corrected chi connectivity index (χ1v) is 7.86. The largest absolute Gasteiger partial charge is 0.444 e. The van der Waals surface area contributed by atoms with Gasteiger partial charge >= 0.3 is 6.09 Å². The van der Waals surface area contributed by atoms with Crippen LogP contribution in [0.3, 0.4) is 0 Å². The second kappa shape index (κ2) is 7.88. The van der Waals surface area contributed by atoms with Gasteiger partial charge in [0, 0.05) is 17.0 Å². The Morgan fingerprint density at radius 2 is 1.95 bits per heavy atom. The number of carbonyl (C=O) groups excluding carboxylic acids is 2. The van der Waals surface area contributed by atoms with Gasteiger partial charge in [-0.2, -0.15) is 0 Å². The van der Waals surface area contributed by atoms with Crippen molar-refractivity contribution < 1.29 is 14.3 Å². The molecule has 0 fully saturated rings. The van der Waals surface area contributed by atoms with Crippen molar-refractivity contribution in [3.05, 3.63) is 42.0 Å². The SMILES string of the molecule is CSc1ccccc1C(=O)/C=C/CNC(=O)OC(C)(C)C. The minimum Gasteiger partial charge on any atom is -0.444 e. The highest BCUT2D eigenvalue weighted by atomic mass is 32.2. The van der Waals surface area contributed by atoms with Gasteiger partial charge < -0.3 is 10.1 Å². The van der Waals surface area contributed by atoms with Crippen molar-refractivity contribution in [1.29, 1.82) is 0 Å². The highest BCUT2D eigenvalue weighted by Crippen LogP contribution is 2.20. The first kappa shape index (κ1) is 17.3. The lowest BCUT2D eigenvalue weighted by molar-refractivity contribution is 0.0533. The van der Waals surface area contributed by atoms with Crippen molar-refractivity contribution in [2.24, 2.45) is 0 Å². The maximum Gasteiger partial charge on any atom is 0.407 e. The van der Waals surface area contributed by atoms with E-state index in [9.17, 15) is 9.59 Å². The number of hydrogen-bond acceptors (Lipinski definition) is 4. The minimum atomic E-state index is -0.527. The van der Waals surface area contributed by atoms with Gasteiger partial charge in [0.05, 0.1) is 0 Å². The zero-order valence-corrected chi connectivity index (χ0v) is 13.6. The van der Waals surface area contributed by atoms with Crippen LogP contribution in [0.1, 0.15) is 31.1 Å². The summed E-state index contributed by atoms with van der Waals surface area (Å²) in [6.07, 6.45) is 4.51. The number of benzene rings is 1. The first-order valence-electron chi connectivity index (χ1n) is 6.64. The first-order chi connectivity index (χ1) is 9.83. The van der Waals surface area contributed by atoms with Crippen LogP contribution in [0.4, 0.5) is 4.79 Å². The van der Waals surface area contributed by atoms with E-state index in [2.05, 4.69) is 5.32 Å². The van der Waals surface area contributed by atoms with Gasteiger partial charge in [-0.05, 0) is 45.2 Å². The van der Waals surface area contributed by atoms with Crippen LogP contribution in [0.2, 0.25) is 0 Å². The van der Waals surface area contributed by atoms with Gasteiger partial charge in [0.15, 0.2) is 5.78 Å². The molecule has 0 atom stereocenters. The number of carbonyl (C=O) groups is 2. The number of thioether (sulfide) groups is 1. The Hall–Kier alpha value is -1.75. The Morgan fingerprint density at radius 1 is 1.29 bits per heavy atom. The van der Waals surface area contributed by atoms with Crippen LogP contribution >= 0.6 is 11.8 Å². The number of ketones is 1. The molecule has 0 aliphatic heterocycles. The molecule has 0 aliphatic rings. The van der Waals surface area contributed by atoms with E-state index in [4.69, 9.17) is 4.74 Å². The third-order valence-electron chi connectivity index (χ3n) is 2.40. The van der Waals surface area contributed by atoms with Crippen molar-refractivity contribution >= 4 is 23.6 Å². The zero-order valence-electron chi connectivity index (χ0n) is 12.8. The number of alkyl carbamates (subject to hydrolysis) is 1. The Balaban J connectivity index is 2.50. The van der Waals surface area contributed by atoms with Crippen molar-refractivity contribution in [1.82, 2.24) is 5.32 Å². The molecular formula is C16H21NO3S. The van der Waals surface area contributed by atoms with Gasteiger partial charge in [-0.15, -0.1) is 11.8 Å². The van der Waals surface area contributed by atoms with Crippen LogP contribution in [-0.2, 0) is 4.74 Å². The van der Waals surface area contributed by atoms with Crippen LogP contribution < -0.4 is 5.32 Å². The fraction of sp³-hybridized carbons (Fsp3) is 0.375. The van der Waals surface area contributed by atoms with Crippen LogP contribution in [0.15, 0.2) is 41.3 Å². The molecule has 114 valence electrons. The summed E-state index contributed by atoms with van der Waals surface area (Å²) in [6, 6.07) is 7.43. The summed E-state index contributed by atoms with van der Waals surface area (Å²) in [5.41, 5.74) is 0.138. The van der Waals surface area contributed by atoms with Gasteiger partial charge in [0.1, 0.15) is 5.60 Å². The molecule has 0 heterocycles. The third-order valence-corrected chi connectivity index (χ3v) is 3.20. The summed E-state index contributed by atoms with van der Waals surface area (Å²) in [5.74, 6) is -0.0778. The smallest absolute Gasteiger partial charge is 0.407 e. The maximum absolute atomic E-state index is 12.1. The highest BCUT2D eigenvalue weighted by Gasteiger charge is 2.15. The molecule has 0 unspecified atom stereocenters. The molecule has 0 saturated heterocycles. The predicted octanol–water partition coefficient (Wildman–Crippen LogP) is 3.67. The zero-order chi connectivity index (χ0) is 15.9. The van der Waals surface area contributed by atoms with Crippen LogP contribution in [0, 0.1) is 0 Å². The molecule has 0 saturated carbocycles. The molecule has 1 N–H and O–H groups in total. The van der Waals surface area contributed by atoms with E-state index in [0.717, 1.165) is 4.90 Å². The number of amides is 1. The average Bonchev–Trinajstić information content (AvgIpc) is 2.41. The van der Waals surface area contributed by atoms with E-state index in [-0.39, 0.29) is 12.3 Å². The van der Waals surface area contributed by atoms with Gasteiger partial charge in [-0.1, -0.05) is 18.2 Å². The summed E-state index contributed by atoms with van der Waals surface area (Å²) in [5, 5.41) is 2.57. The summed E-state index contributed by atoms with van der Waals surface area (Å²) < 4.78 is 5.09. The van der Waals surface area contributed by atoms with E-state index in [0.29, 0.717) is 5.56 Å². The Kier molecular flexibility index (Phi) is 6.49. The van der Waals surface area contributed by atoms with Crippen molar-refractivity contribution in [2.75, 3.05) is 12.8 Å². The van der Waals surface area contributed by atoms with E-state index >= 15 is 0 Å². The van der Waals surface area contributed by atoms with E-state index in [1.807, 2.05) is 24.5 Å². The molecule has 1 rings (SSSR count). The highest BCUT2D eigenvalue weighted by molar-refractivity contribution is 7.98. The number of hydrogen-bond donors (Lipinski definition) is 1. The molecular weight excluding hydrogens is 286 g/mol. The maximum atomic E-state index is 12.1. The number of allylic oxidation sites excluding steroid dienone is 1. The molecule has 1 aromatic carbocycles. The van der Waals surface area contributed by atoms with Gasteiger partial charge in [-0.25, -0.2) is 4.79 Å². The predicted molar refractivity (Wildman–Crippen MR) is 85.9 cm³/mol. The fourth-order valence-corrected chi connectivity index (χ4v) is 2.16. The Bertz CT molecular complexity index is 533. The van der Waals surface area contributed by atoms with Gasteiger partial charge in [-0.3, -0.25) is 4.79 Å². The van der Waals surface area contributed by atoms with E-state index in [1.54, 1.807) is 32.9 Å². The standard InChI is InChI=1S/C16H21NO3S/c1-16(2,3)20-15(19)17-11-7-9-13(18)12-8-5-6-10-14(12)21-4/h5-10H,11H2,1-4H3,(H,17,19)/b9-7+. The lowest BCUT2D eigenvalue weighted by Gasteiger charge is -2.19. The number of rotatable bonds is 5. The van der Waals surface area contributed by atoms with Gasteiger partial charge in [0.25, 0.3) is 0 Å². The second-order valence-corrected chi connectivity index (χ2v) is 6.20. The molecule has 0 radical (unpaired) electrons. The number of ether oxygens (including phenoxy) is 1. The lowest BCUT2D eigenvalue weighted by atomic mass is 10.1. The molecule has 0 spiro atoms. The Labute approximate surface area is 130 Å². The molecule has 21 heavy (non-hydrogen) atoms. The summed E-state index contributed by atoms with van der Waals surface area (Å²) in [7, 11) is 0. The summed E-state index contributed by atoms with van der Waals surface area (Å²) >= 11 is 1.53. The lowest BCUT2D eigenvalue weighted by Crippen LogP contribution is -2.32. The molecule has 0 bridgehead atoms. The topological polar surface area (TPSA) is 55.4 Å². The molecule has 5 heteroatoms.